The molecule has 0 nitrogen and oxygen atoms in total. The minimum absolute atomic E-state index is 0. The summed E-state index contributed by atoms with van der Waals surface area (Å²) in [6, 6.07) is 13.7. The van der Waals surface area contributed by atoms with Crippen LogP contribution >= 0.6 is 0 Å². The van der Waals surface area contributed by atoms with Crippen molar-refractivity contribution < 1.29 is 51.0 Å². The number of rotatable bonds is 0. The fraction of sp³-hybridized carbons (Fsp3) is 0.615. The molecule has 0 aliphatic carbocycles. The van der Waals surface area contributed by atoms with Crippen LogP contribution in [-0.2, 0) is 47.9 Å². The molecule has 0 bridgehead atoms. The van der Waals surface area contributed by atoms with Gasteiger partial charge in [-0.05, 0) is 0 Å². The summed E-state index contributed by atoms with van der Waals surface area (Å²) in [4.78, 5) is 0. The van der Waals surface area contributed by atoms with Gasteiger partial charge in [0.2, 0.25) is 0 Å². The monoisotopic (exact) mass is 514 g/mol. The van der Waals surface area contributed by atoms with E-state index in [0.717, 1.165) is 0 Å². The second kappa shape index (κ2) is 11.7. The van der Waals surface area contributed by atoms with Crippen molar-refractivity contribution in [1.82, 2.24) is 0 Å². The van der Waals surface area contributed by atoms with Crippen molar-refractivity contribution >= 4 is 0 Å². The van der Waals surface area contributed by atoms with Gasteiger partial charge in [0.25, 0.3) is 0 Å². The van der Waals surface area contributed by atoms with Gasteiger partial charge in [0.05, 0.1) is 0 Å². The largest absolute Gasteiger partial charge is 4.00 e. The van der Waals surface area contributed by atoms with Gasteiger partial charge in [0.1, 0.15) is 0 Å². The van der Waals surface area contributed by atoms with E-state index in [9.17, 15) is 0 Å². The van der Waals surface area contributed by atoms with Crippen LogP contribution < -0.4 is 24.8 Å². The maximum Gasteiger partial charge on any atom is 4.00 e. The molecule has 0 amide bonds. The zero-order valence-corrected chi connectivity index (χ0v) is 24.7. The third kappa shape index (κ3) is 10.8. The molecule has 0 atom stereocenters. The van der Waals surface area contributed by atoms with Crippen molar-refractivity contribution in [2.24, 2.45) is 0 Å². The van der Waals surface area contributed by atoms with E-state index in [1.807, 2.05) is 0 Å². The van der Waals surface area contributed by atoms with Gasteiger partial charge in [0.15, 0.2) is 0 Å². The molecule has 0 saturated carbocycles. The second-order valence-electron chi connectivity index (χ2n) is 11.8. The average molecular weight is 517 g/mol. The molecule has 0 N–H and O–H groups in total. The van der Waals surface area contributed by atoms with Crippen LogP contribution in [0.4, 0.5) is 0 Å². The maximum atomic E-state index is 2.33. The molecule has 0 fully saturated rings. The summed E-state index contributed by atoms with van der Waals surface area (Å²) in [5.74, 6) is 0. The molecule has 2 aromatic rings. The van der Waals surface area contributed by atoms with Gasteiger partial charge in [-0.1, -0.05) is 105 Å². The molecule has 3 heteroatoms. The van der Waals surface area contributed by atoms with Crippen LogP contribution in [0.25, 0.3) is 0 Å². The van der Waals surface area contributed by atoms with E-state index >= 15 is 0 Å². The zero-order valence-electron chi connectivity index (χ0n) is 20.7. The van der Waals surface area contributed by atoms with Crippen LogP contribution in [0, 0.1) is 0 Å². The number of hydrogen-bond donors (Lipinski definition) is 0. The van der Waals surface area contributed by atoms with Crippen LogP contribution in [0.5, 0.6) is 0 Å². The molecule has 164 valence electrons. The summed E-state index contributed by atoms with van der Waals surface area (Å²) in [7, 11) is 0. The molecule has 29 heavy (non-hydrogen) atoms. The topological polar surface area (TPSA) is 0 Å². The average Bonchev–Trinajstić information content (AvgIpc) is 3.06. The molecule has 2 rings (SSSR count). The SMILES string of the molecule is CC(C)(C)c1cc[c-](C(C)(C)C)c1.CC(C)(C)c1cc[c-](C(C)(C)C)c1.[Cl-].[Cl-].[Zr+4]. The number of hydrogen-bond acceptors (Lipinski definition) is 0. The van der Waals surface area contributed by atoms with Crippen molar-refractivity contribution in [2.45, 2.75) is 105 Å². The summed E-state index contributed by atoms with van der Waals surface area (Å²) in [6.07, 6.45) is 0. The third-order valence-electron chi connectivity index (χ3n) is 4.97. The van der Waals surface area contributed by atoms with Crippen LogP contribution in [-0.4, -0.2) is 0 Å². The Morgan fingerprint density at radius 1 is 0.517 bits per heavy atom. The Kier molecular flexibility index (Phi) is 13.6. The number of halogens is 2. The van der Waals surface area contributed by atoms with Gasteiger partial charge < -0.3 is 24.8 Å². The van der Waals surface area contributed by atoms with Crippen LogP contribution in [0.3, 0.4) is 0 Å². The molecule has 0 radical (unpaired) electrons. The predicted molar refractivity (Wildman–Crippen MR) is 119 cm³/mol. The van der Waals surface area contributed by atoms with E-state index in [4.69, 9.17) is 0 Å². The van der Waals surface area contributed by atoms with E-state index in [-0.39, 0.29) is 72.7 Å². The summed E-state index contributed by atoms with van der Waals surface area (Å²) in [6.45, 7) is 27.1. The molecule has 0 aromatic heterocycles. The maximum absolute atomic E-state index is 2.33. The van der Waals surface area contributed by atoms with Gasteiger partial charge in [-0.3, -0.25) is 0 Å². The van der Waals surface area contributed by atoms with E-state index < -0.39 is 0 Å². The van der Waals surface area contributed by atoms with Crippen molar-refractivity contribution in [3.63, 3.8) is 0 Å². The Morgan fingerprint density at radius 2 is 0.759 bits per heavy atom. The van der Waals surface area contributed by atoms with Crippen molar-refractivity contribution in [3.05, 3.63) is 58.7 Å². The van der Waals surface area contributed by atoms with Gasteiger partial charge >= 0.3 is 26.2 Å². The zero-order chi connectivity index (χ0) is 20.6. The molecule has 0 unspecified atom stereocenters. The molecule has 0 aliphatic rings. The van der Waals surface area contributed by atoms with Crippen LogP contribution in [0.15, 0.2) is 36.4 Å². The van der Waals surface area contributed by atoms with Gasteiger partial charge in [-0.25, -0.2) is 12.1 Å². The van der Waals surface area contributed by atoms with Crippen LogP contribution in [0.2, 0.25) is 0 Å². The molecular formula is C26H42Cl2Zr. The molecule has 0 aliphatic heterocycles. The Hall–Kier alpha value is 0.163. The van der Waals surface area contributed by atoms with Gasteiger partial charge in [-0.2, -0.15) is 46.5 Å². The summed E-state index contributed by atoms with van der Waals surface area (Å²) < 4.78 is 0. The minimum atomic E-state index is 0. The Morgan fingerprint density at radius 3 is 0.862 bits per heavy atom. The first-order valence-electron chi connectivity index (χ1n) is 9.98. The smallest absolute Gasteiger partial charge is 1.00 e. The molecule has 0 heterocycles. The van der Waals surface area contributed by atoms with E-state index in [2.05, 4.69) is 119 Å². The fourth-order valence-corrected chi connectivity index (χ4v) is 2.75. The first-order chi connectivity index (χ1) is 11.4. The summed E-state index contributed by atoms with van der Waals surface area (Å²) in [5.41, 5.74) is 6.89. The predicted octanol–water partition coefficient (Wildman–Crippen LogP) is 2.01. The third-order valence-corrected chi connectivity index (χ3v) is 4.97. The molecular weight excluding hydrogens is 474 g/mol. The first kappa shape index (κ1) is 33.8. The normalized spacial score (nSPS) is 12.0. The van der Waals surface area contributed by atoms with E-state index in [0.29, 0.717) is 0 Å². The minimum Gasteiger partial charge on any atom is -1.00 e. The van der Waals surface area contributed by atoms with Crippen LogP contribution in [0.1, 0.15) is 105 Å². The fourth-order valence-electron chi connectivity index (χ4n) is 2.75. The molecule has 2 aromatic carbocycles. The Bertz CT molecular complexity index is 573. The quantitative estimate of drug-likeness (QED) is 0.470. The molecule has 0 saturated heterocycles. The van der Waals surface area contributed by atoms with Crippen molar-refractivity contribution in [2.75, 3.05) is 0 Å². The first-order valence-corrected chi connectivity index (χ1v) is 9.98. The summed E-state index contributed by atoms with van der Waals surface area (Å²) >= 11 is 0. The Balaban J connectivity index is -0.000000422. The standard InChI is InChI=1S/2C13H21.2ClH.Zr/c2*1-12(2,3)10-7-8-11(9-10)13(4,5)6;;;/h2*7-9H,1-6H3;2*1H;/q2*-1;;;+4/p-2. The molecule has 0 spiro atoms. The summed E-state index contributed by atoms with van der Waals surface area (Å²) in [5, 5.41) is 0. The van der Waals surface area contributed by atoms with Crippen molar-refractivity contribution in [3.8, 4) is 0 Å². The second-order valence-corrected chi connectivity index (χ2v) is 11.8. The van der Waals surface area contributed by atoms with Crippen molar-refractivity contribution in [1.29, 1.82) is 0 Å². The van der Waals surface area contributed by atoms with E-state index in [1.165, 1.54) is 22.3 Å². The van der Waals surface area contributed by atoms with Gasteiger partial charge in [-0.15, -0.1) is 0 Å². The van der Waals surface area contributed by atoms with Gasteiger partial charge in [0, 0.05) is 0 Å². The van der Waals surface area contributed by atoms with E-state index in [1.54, 1.807) is 0 Å². The Labute approximate surface area is 213 Å².